The molecule has 29 heavy (non-hydrogen) atoms. The number of hydrogen-bond acceptors (Lipinski definition) is 6. The molecule has 160 valence electrons. The van der Waals surface area contributed by atoms with Gasteiger partial charge in [-0.1, -0.05) is 6.08 Å². The molecule has 2 rings (SSSR count). The number of Topliss-reactive ketones (excluding diaryl/α,β-unsaturated/α-hetero) is 1. The molecule has 0 aliphatic heterocycles. The minimum atomic E-state index is -0.813. The number of hydrogen-bond donors (Lipinski definition) is 2. The van der Waals surface area contributed by atoms with E-state index in [-0.39, 0.29) is 29.5 Å². The molecule has 2 aromatic heterocycles. The van der Waals surface area contributed by atoms with Gasteiger partial charge in [0.15, 0.2) is 11.2 Å². The molecule has 0 saturated carbocycles. The molecule has 0 amide bonds. The molecule has 2 aromatic rings. The predicted molar refractivity (Wildman–Crippen MR) is 110 cm³/mol. The molecule has 1 atom stereocenters. The number of carboxylic acid groups (broad SMARTS) is 1. The summed E-state index contributed by atoms with van der Waals surface area (Å²) in [6.07, 6.45) is 5.43. The van der Waals surface area contributed by atoms with Crippen LogP contribution in [0.4, 0.5) is 0 Å². The van der Waals surface area contributed by atoms with Crippen molar-refractivity contribution in [3.63, 3.8) is 0 Å². The Kier molecular flexibility index (Phi) is 9.20. The number of rotatable bonds is 9. The number of carboxylic acids is 1. The third-order valence-corrected chi connectivity index (χ3v) is 4.36. The van der Waals surface area contributed by atoms with Gasteiger partial charge in [0.25, 0.3) is 5.56 Å². The highest BCUT2D eigenvalue weighted by molar-refractivity contribution is 5.75. The highest BCUT2D eigenvalue weighted by Gasteiger charge is 2.14. The monoisotopic (exact) mass is 407 g/mol. The lowest BCUT2D eigenvalue weighted by atomic mass is 10.2. The van der Waals surface area contributed by atoms with Crippen molar-refractivity contribution in [3.05, 3.63) is 39.8 Å². The number of ketones is 1. The van der Waals surface area contributed by atoms with E-state index in [0.717, 1.165) is 0 Å². The van der Waals surface area contributed by atoms with E-state index in [2.05, 4.69) is 11.6 Å². The second-order valence-electron chi connectivity index (χ2n) is 6.82. The summed E-state index contributed by atoms with van der Waals surface area (Å²) in [6.45, 7) is 5.27. The summed E-state index contributed by atoms with van der Waals surface area (Å²) in [7, 11) is 3.32. The Bertz CT molecular complexity index is 985. The van der Waals surface area contributed by atoms with E-state index in [4.69, 9.17) is 10.8 Å². The Morgan fingerprint density at radius 2 is 1.93 bits per heavy atom. The molecule has 10 nitrogen and oxygen atoms in total. The normalized spacial score (nSPS) is 11.6. The second-order valence-corrected chi connectivity index (χ2v) is 6.82. The summed E-state index contributed by atoms with van der Waals surface area (Å²) in [5.41, 5.74) is 5.45. The van der Waals surface area contributed by atoms with Crippen molar-refractivity contribution in [2.75, 3.05) is 0 Å². The van der Waals surface area contributed by atoms with Crippen molar-refractivity contribution in [2.24, 2.45) is 19.8 Å². The Hall–Kier alpha value is -3.01. The van der Waals surface area contributed by atoms with Gasteiger partial charge in [0.1, 0.15) is 5.78 Å². The van der Waals surface area contributed by atoms with Gasteiger partial charge >= 0.3 is 11.7 Å². The van der Waals surface area contributed by atoms with Crippen molar-refractivity contribution in [1.82, 2.24) is 18.7 Å². The van der Waals surface area contributed by atoms with Gasteiger partial charge in [-0.3, -0.25) is 18.7 Å². The van der Waals surface area contributed by atoms with Crippen molar-refractivity contribution < 1.29 is 14.7 Å². The first-order valence-corrected chi connectivity index (χ1v) is 9.30. The average molecular weight is 407 g/mol. The number of carbonyl (C=O) groups excluding carboxylic acids is 1. The SMILES string of the molecule is C=CC(N)CCC(=O)O.CC(=O)CCCCn1c(=O)c2c(ncn2C)n(C)c1=O. The van der Waals surface area contributed by atoms with Gasteiger partial charge in [-0.15, -0.1) is 6.58 Å². The number of imidazole rings is 1. The van der Waals surface area contributed by atoms with Crippen LogP contribution in [-0.2, 0) is 30.2 Å². The van der Waals surface area contributed by atoms with E-state index >= 15 is 0 Å². The number of aromatic nitrogens is 4. The standard InChI is InChI=1S/C13H18N4O3.C6H11NO2/c1-9(18)6-4-5-7-17-12(19)10-11(14-8-15(10)2)16(3)13(17)20;1-2-5(7)3-4-6(8)9/h8H,4-7H2,1-3H3;2,5H,1,3-4,7H2,(H,8,9). The number of nitrogens with zero attached hydrogens (tertiary/aromatic N) is 4. The second kappa shape index (κ2) is 11.1. The fourth-order valence-corrected chi connectivity index (χ4v) is 2.65. The highest BCUT2D eigenvalue weighted by atomic mass is 16.4. The smallest absolute Gasteiger partial charge is 0.332 e. The zero-order chi connectivity index (χ0) is 22.1. The van der Waals surface area contributed by atoms with Crippen LogP contribution in [-0.4, -0.2) is 41.6 Å². The van der Waals surface area contributed by atoms with E-state index in [1.807, 2.05) is 0 Å². The molecule has 0 radical (unpaired) electrons. The van der Waals surface area contributed by atoms with Crippen LogP contribution in [0.15, 0.2) is 28.6 Å². The quantitative estimate of drug-likeness (QED) is 0.457. The van der Waals surface area contributed by atoms with Gasteiger partial charge in [0.2, 0.25) is 0 Å². The number of aliphatic carboxylic acids is 1. The lowest BCUT2D eigenvalue weighted by Gasteiger charge is -2.08. The first kappa shape index (κ1) is 24.0. The maximum absolute atomic E-state index is 12.3. The number of unbranched alkanes of at least 4 members (excludes halogenated alkanes) is 1. The highest BCUT2D eigenvalue weighted by Crippen LogP contribution is 2.04. The average Bonchev–Trinajstić information content (AvgIpc) is 3.05. The van der Waals surface area contributed by atoms with Gasteiger partial charge in [-0.2, -0.15) is 0 Å². The third-order valence-electron chi connectivity index (χ3n) is 4.36. The summed E-state index contributed by atoms with van der Waals surface area (Å²) in [5.74, 6) is -0.695. The Morgan fingerprint density at radius 3 is 2.48 bits per heavy atom. The summed E-state index contributed by atoms with van der Waals surface area (Å²) >= 11 is 0. The zero-order valence-electron chi connectivity index (χ0n) is 17.1. The largest absolute Gasteiger partial charge is 0.481 e. The molecule has 10 heteroatoms. The van der Waals surface area contributed by atoms with E-state index in [0.29, 0.717) is 43.4 Å². The zero-order valence-corrected chi connectivity index (χ0v) is 17.1. The summed E-state index contributed by atoms with van der Waals surface area (Å²) < 4.78 is 4.20. The molecule has 3 N–H and O–H groups in total. The van der Waals surface area contributed by atoms with Crippen LogP contribution in [0.5, 0.6) is 0 Å². The molecule has 0 spiro atoms. The fraction of sp³-hybridized carbons (Fsp3) is 0.526. The lowest BCUT2D eigenvalue weighted by molar-refractivity contribution is -0.137. The van der Waals surface area contributed by atoms with E-state index in [1.54, 1.807) is 24.7 Å². The lowest BCUT2D eigenvalue weighted by Crippen LogP contribution is -2.39. The van der Waals surface area contributed by atoms with Crippen LogP contribution >= 0.6 is 0 Å². The summed E-state index contributed by atoms with van der Waals surface area (Å²) in [5, 5.41) is 8.17. The molecule has 2 heterocycles. The first-order chi connectivity index (χ1) is 13.6. The molecule has 0 bridgehead atoms. The molecule has 0 aliphatic rings. The molecule has 0 fully saturated rings. The predicted octanol–water partition coefficient (Wildman–Crippen LogP) is 0.558. The van der Waals surface area contributed by atoms with Gasteiger partial charge in [0, 0.05) is 39.5 Å². The van der Waals surface area contributed by atoms with Gasteiger partial charge in [0.05, 0.1) is 6.33 Å². The van der Waals surface area contributed by atoms with Crippen LogP contribution in [0.3, 0.4) is 0 Å². The summed E-state index contributed by atoms with van der Waals surface area (Å²) in [4.78, 5) is 49.4. The minimum Gasteiger partial charge on any atom is -0.481 e. The van der Waals surface area contributed by atoms with Crippen molar-refractivity contribution in [1.29, 1.82) is 0 Å². The fourth-order valence-electron chi connectivity index (χ4n) is 2.65. The Morgan fingerprint density at radius 1 is 1.28 bits per heavy atom. The number of carbonyl (C=O) groups is 2. The van der Waals surface area contributed by atoms with Crippen LogP contribution < -0.4 is 17.0 Å². The number of aryl methyl sites for hydroxylation is 2. The molecular formula is C19H29N5O5. The number of nitrogens with two attached hydrogens (primary N) is 1. The molecule has 0 aliphatic carbocycles. The molecular weight excluding hydrogens is 378 g/mol. The minimum absolute atomic E-state index is 0.118. The number of fused-ring (bicyclic) bond motifs is 1. The summed E-state index contributed by atoms with van der Waals surface area (Å²) in [6, 6.07) is -0.180. The van der Waals surface area contributed by atoms with Crippen LogP contribution in [0, 0.1) is 0 Å². The van der Waals surface area contributed by atoms with E-state index in [9.17, 15) is 19.2 Å². The first-order valence-electron chi connectivity index (χ1n) is 9.30. The molecule has 0 aromatic carbocycles. The maximum atomic E-state index is 12.3. The Labute approximate surface area is 168 Å². The molecule has 1 unspecified atom stereocenters. The maximum Gasteiger partial charge on any atom is 0.332 e. The van der Waals surface area contributed by atoms with Gasteiger partial charge < -0.3 is 20.2 Å². The van der Waals surface area contributed by atoms with Crippen molar-refractivity contribution >= 4 is 22.9 Å². The van der Waals surface area contributed by atoms with E-state index in [1.165, 1.54) is 22.4 Å². The topological polar surface area (TPSA) is 142 Å². The molecule has 0 saturated heterocycles. The van der Waals surface area contributed by atoms with E-state index < -0.39 is 5.97 Å². The van der Waals surface area contributed by atoms with Crippen LogP contribution in [0.2, 0.25) is 0 Å². The van der Waals surface area contributed by atoms with Crippen LogP contribution in [0.1, 0.15) is 39.0 Å². The van der Waals surface area contributed by atoms with Crippen molar-refractivity contribution in [2.45, 2.75) is 51.6 Å². The van der Waals surface area contributed by atoms with Gasteiger partial charge in [-0.25, -0.2) is 9.78 Å². The third kappa shape index (κ3) is 6.83. The van der Waals surface area contributed by atoms with Crippen LogP contribution in [0.25, 0.3) is 11.2 Å². The van der Waals surface area contributed by atoms with Crippen molar-refractivity contribution in [3.8, 4) is 0 Å². The van der Waals surface area contributed by atoms with Gasteiger partial charge in [-0.05, 0) is 26.2 Å². The Balaban J connectivity index is 0.000000396.